The second-order valence-electron chi connectivity index (χ2n) is 4.39. The Morgan fingerprint density at radius 1 is 1.10 bits per heavy atom. The van der Waals surface area contributed by atoms with Crippen molar-refractivity contribution >= 4 is 16.7 Å². The monoisotopic (exact) mass is 260 g/mol. The Hall–Kier alpha value is -2.93. The molecule has 0 spiro atoms. The minimum atomic E-state index is 0.632. The molecule has 0 amide bonds. The van der Waals surface area contributed by atoms with Crippen molar-refractivity contribution in [2.45, 2.75) is 6.54 Å². The van der Waals surface area contributed by atoms with Crippen molar-refractivity contribution in [1.29, 1.82) is 5.26 Å². The molecule has 2 aromatic heterocycles. The minimum absolute atomic E-state index is 0.632. The number of pyridine rings is 2. The smallest absolute Gasteiger partial charge is 0.128 e. The van der Waals surface area contributed by atoms with E-state index >= 15 is 0 Å². The van der Waals surface area contributed by atoms with Crippen LogP contribution >= 0.6 is 0 Å². The van der Waals surface area contributed by atoms with Crippen molar-refractivity contribution in [2.24, 2.45) is 0 Å². The van der Waals surface area contributed by atoms with E-state index in [0.29, 0.717) is 17.9 Å². The molecule has 0 unspecified atom stereocenters. The van der Waals surface area contributed by atoms with E-state index < -0.39 is 0 Å². The summed E-state index contributed by atoms with van der Waals surface area (Å²) in [7, 11) is 0. The first-order chi connectivity index (χ1) is 9.86. The zero-order valence-corrected chi connectivity index (χ0v) is 10.7. The number of nitrogens with one attached hydrogen (secondary N) is 1. The number of anilines is 1. The second kappa shape index (κ2) is 5.37. The van der Waals surface area contributed by atoms with Gasteiger partial charge in [0.05, 0.1) is 17.1 Å². The van der Waals surface area contributed by atoms with Crippen molar-refractivity contribution < 1.29 is 0 Å². The number of para-hydroxylation sites is 1. The Morgan fingerprint density at radius 2 is 1.90 bits per heavy atom. The van der Waals surface area contributed by atoms with Gasteiger partial charge in [-0.25, -0.2) is 4.98 Å². The predicted octanol–water partition coefficient (Wildman–Crippen LogP) is 3.11. The molecular weight excluding hydrogens is 248 g/mol. The van der Waals surface area contributed by atoms with Crippen molar-refractivity contribution in [3.05, 3.63) is 66.0 Å². The lowest BCUT2D eigenvalue weighted by Gasteiger charge is -2.08. The van der Waals surface area contributed by atoms with Gasteiger partial charge in [-0.3, -0.25) is 4.98 Å². The molecule has 0 aliphatic carbocycles. The number of hydrogen-bond acceptors (Lipinski definition) is 4. The highest BCUT2D eigenvalue weighted by molar-refractivity contribution is 5.86. The third-order valence-corrected chi connectivity index (χ3v) is 3.06. The van der Waals surface area contributed by atoms with Gasteiger partial charge < -0.3 is 5.32 Å². The van der Waals surface area contributed by atoms with Crippen LogP contribution in [-0.2, 0) is 6.54 Å². The predicted molar refractivity (Wildman–Crippen MR) is 78.0 cm³/mol. The van der Waals surface area contributed by atoms with Crippen molar-refractivity contribution in [1.82, 2.24) is 9.97 Å². The van der Waals surface area contributed by atoms with Crippen LogP contribution in [0.15, 0.2) is 54.9 Å². The Morgan fingerprint density at radius 3 is 2.70 bits per heavy atom. The summed E-state index contributed by atoms with van der Waals surface area (Å²) in [5.74, 6) is 0.706. The zero-order valence-electron chi connectivity index (χ0n) is 10.7. The maximum atomic E-state index is 9.23. The van der Waals surface area contributed by atoms with Gasteiger partial charge in [0.25, 0.3) is 0 Å². The van der Waals surface area contributed by atoms with Crippen LogP contribution in [0.25, 0.3) is 10.9 Å². The molecule has 0 saturated carbocycles. The molecule has 96 valence electrons. The largest absolute Gasteiger partial charge is 0.366 e. The maximum Gasteiger partial charge on any atom is 0.128 e. The van der Waals surface area contributed by atoms with Crippen LogP contribution in [0.4, 0.5) is 5.82 Å². The summed E-state index contributed by atoms with van der Waals surface area (Å²) in [4.78, 5) is 8.50. The third-order valence-electron chi connectivity index (χ3n) is 3.06. The fourth-order valence-electron chi connectivity index (χ4n) is 2.05. The van der Waals surface area contributed by atoms with E-state index in [1.165, 1.54) is 0 Å². The molecule has 0 aliphatic rings. The summed E-state index contributed by atoms with van der Waals surface area (Å²) < 4.78 is 0. The van der Waals surface area contributed by atoms with E-state index in [1.54, 1.807) is 18.5 Å². The van der Waals surface area contributed by atoms with Crippen molar-refractivity contribution in [2.75, 3.05) is 5.32 Å². The van der Waals surface area contributed by atoms with Gasteiger partial charge in [0.15, 0.2) is 0 Å². The lowest BCUT2D eigenvalue weighted by Crippen LogP contribution is -2.02. The van der Waals surface area contributed by atoms with Crippen LogP contribution in [-0.4, -0.2) is 9.97 Å². The number of nitriles is 1. The van der Waals surface area contributed by atoms with Crippen LogP contribution in [0, 0.1) is 11.3 Å². The summed E-state index contributed by atoms with van der Waals surface area (Å²) in [6.07, 6.45) is 3.51. The second-order valence-corrected chi connectivity index (χ2v) is 4.39. The summed E-state index contributed by atoms with van der Waals surface area (Å²) in [5.41, 5.74) is 2.57. The zero-order chi connectivity index (χ0) is 13.8. The SMILES string of the molecule is N#Cc1cc(NCc2ccncc2)nc2ccccc12. The maximum absolute atomic E-state index is 9.23. The van der Waals surface area contributed by atoms with Gasteiger partial charge in [0, 0.05) is 24.3 Å². The highest BCUT2D eigenvalue weighted by atomic mass is 15.0. The lowest BCUT2D eigenvalue weighted by atomic mass is 10.1. The molecule has 1 aromatic carbocycles. The normalized spacial score (nSPS) is 10.2. The molecular formula is C16H12N4. The van der Waals surface area contributed by atoms with Gasteiger partial charge in [0.1, 0.15) is 5.82 Å². The Kier molecular flexibility index (Phi) is 3.25. The van der Waals surface area contributed by atoms with Gasteiger partial charge in [-0.1, -0.05) is 18.2 Å². The fourth-order valence-corrected chi connectivity index (χ4v) is 2.05. The van der Waals surface area contributed by atoms with E-state index in [0.717, 1.165) is 16.5 Å². The van der Waals surface area contributed by atoms with Crippen LogP contribution in [0.2, 0.25) is 0 Å². The topological polar surface area (TPSA) is 61.6 Å². The Bertz CT molecular complexity index is 775. The minimum Gasteiger partial charge on any atom is -0.366 e. The van der Waals surface area contributed by atoms with E-state index in [2.05, 4.69) is 21.4 Å². The molecule has 3 aromatic rings. The molecule has 1 N–H and O–H groups in total. The average molecular weight is 260 g/mol. The Labute approximate surface area is 116 Å². The molecule has 0 fully saturated rings. The van der Waals surface area contributed by atoms with Crippen LogP contribution < -0.4 is 5.32 Å². The van der Waals surface area contributed by atoms with Gasteiger partial charge >= 0.3 is 0 Å². The summed E-state index contributed by atoms with van der Waals surface area (Å²) >= 11 is 0. The number of nitrogens with zero attached hydrogens (tertiary/aromatic N) is 3. The molecule has 0 atom stereocenters. The number of benzene rings is 1. The first-order valence-electron chi connectivity index (χ1n) is 6.29. The molecule has 0 bridgehead atoms. The van der Waals surface area contributed by atoms with Gasteiger partial charge in [-0.2, -0.15) is 5.26 Å². The first kappa shape index (κ1) is 12.1. The van der Waals surface area contributed by atoms with Gasteiger partial charge in [0.2, 0.25) is 0 Å². The molecule has 0 aliphatic heterocycles. The quantitative estimate of drug-likeness (QED) is 0.786. The van der Waals surface area contributed by atoms with Crippen LogP contribution in [0.3, 0.4) is 0 Å². The first-order valence-corrected chi connectivity index (χ1v) is 6.29. The summed E-state index contributed by atoms with van der Waals surface area (Å²) in [6.45, 7) is 0.652. The third kappa shape index (κ3) is 2.43. The van der Waals surface area contributed by atoms with E-state index in [1.807, 2.05) is 36.4 Å². The molecule has 4 heteroatoms. The highest BCUT2D eigenvalue weighted by Crippen LogP contribution is 2.20. The van der Waals surface area contributed by atoms with Crippen LogP contribution in [0.1, 0.15) is 11.1 Å². The fraction of sp³-hybridized carbons (Fsp3) is 0.0625. The van der Waals surface area contributed by atoms with Crippen molar-refractivity contribution in [3.63, 3.8) is 0 Å². The standard InChI is InChI=1S/C16H12N4/c17-10-13-9-16(19-11-12-5-7-18-8-6-12)20-15-4-2-1-3-14(13)15/h1-9H,11H2,(H,19,20). The molecule has 0 radical (unpaired) electrons. The number of hydrogen-bond donors (Lipinski definition) is 1. The molecule has 3 rings (SSSR count). The molecule has 4 nitrogen and oxygen atoms in total. The van der Waals surface area contributed by atoms with E-state index in [4.69, 9.17) is 0 Å². The number of fused-ring (bicyclic) bond motifs is 1. The van der Waals surface area contributed by atoms with Crippen molar-refractivity contribution in [3.8, 4) is 6.07 Å². The van der Waals surface area contributed by atoms with Crippen LogP contribution in [0.5, 0.6) is 0 Å². The van der Waals surface area contributed by atoms with E-state index in [9.17, 15) is 5.26 Å². The number of aromatic nitrogens is 2. The molecule has 20 heavy (non-hydrogen) atoms. The molecule has 0 saturated heterocycles. The lowest BCUT2D eigenvalue weighted by molar-refractivity contribution is 1.10. The summed E-state index contributed by atoms with van der Waals surface area (Å²) in [6, 6.07) is 15.5. The summed E-state index contributed by atoms with van der Waals surface area (Å²) in [5, 5.41) is 13.3. The highest BCUT2D eigenvalue weighted by Gasteiger charge is 2.04. The average Bonchev–Trinajstić information content (AvgIpc) is 2.53. The Balaban J connectivity index is 1.91. The molecule has 2 heterocycles. The number of rotatable bonds is 3. The van der Waals surface area contributed by atoms with Gasteiger partial charge in [-0.15, -0.1) is 0 Å². The van der Waals surface area contributed by atoms with E-state index in [-0.39, 0.29) is 0 Å². The van der Waals surface area contributed by atoms with Gasteiger partial charge in [-0.05, 0) is 29.8 Å².